The van der Waals surface area contributed by atoms with Crippen LogP contribution in [0.5, 0.6) is 0 Å². The molecule has 1 aromatic rings. The smallest absolute Gasteiger partial charge is 0.238 e. The minimum Gasteiger partial charge on any atom is -0.399 e. The number of sulfonamides is 1. The Kier molecular flexibility index (Phi) is 3.73. The number of primary sulfonamides is 1. The van der Waals surface area contributed by atoms with Crippen LogP contribution in [0.2, 0.25) is 0 Å². The van der Waals surface area contributed by atoms with Crippen molar-refractivity contribution < 1.29 is 8.42 Å². The maximum Gasteiger partial charge on any atom is 0.238 e. The number of nitrogens with two attached hydrogens (primary N) is 2. The van der Waals surface area contributed by atoms with E-state index in [2.05, 4.69) is 18.7 Å². The highest BCUT2D eigenvalue weighted by molar-refractivity contribution is 7.89. The van der Waals surface area contributed by atoms with Crippen LogP contribution in [0.15, 0.2) is 17.0 Å². The van der Waals surface area contributed by atoms with Gasteiger partial charge in [0.25, 0.3) is 0 Å². The molecule has 5 nitrogen and oxygen atoms in total. The van der Waals surface area contributed by atoms with Crippen LogP contribution in [-0.4, -0.2) is 21.5 Å². The first kappa shape index (κ1) is 15.1. The summed E-state index contributed by atoms with van der Waals surface area (Å²) in [6.07, 6.45) is 2.26. The highest BCUT2D eigenvalue weighted by Gasteiger charge is 2.28. The largest absolute Gasteiger partial charge is 0.399 e. The van der Waals surface area contributed by atoms with Gasteiger partial charge in [-0.25, -0.2) is 13.6 Å². The normalized spacial score (nSPS) is 19.1. The maximum atomic E-state index is 11.7. The summed E-state index contributed by atoms with van der Waals surface area (Å²) in [7, 11) is -3.75. The van der Waals surface area contributed by atoms with Crippen molar-refractivity contribution in [1.82, 2.24) is 0 Å². The van der Waals surface area contributed by atoms with E-state index in [0.29, 0.717) is 11.3 Å². The second-order valence-electron chi connectivity index (χ2n) is 6.40. The van der Waals surface area contributed by atoms with Gasteiger partial charge >= 0.3 is 0 Å². The van der Waals surface area contributed by atoms with Crippen LogP contribution in [0.1, 0.15) is 32.3 Å². The van der Waals surface area contributed by atoms with Crippen LogP contribution >= 0.6 is 0 Å². The minimum atomic E-state index is -3.75. The monoisotopic (exact) mass is 297 g/mol. The van der Waals surface area contributed by atoms with Crippen LogP contribution in [-0.2, 0) is 10.0 Å². The molecule has 0 saturated carbocycles. The van der Waals surface area contributed by atoms with Crippen LogP contribution in [0.3, 0.4) is 0 Å². The average molecular weight is 297 g/mol. The Morgan fingerprint density at radius 2 is 1.95 bits per heavy atom. The molecule has 0 amide bonds. The second-order valence-corrected chi connectivity index (χ2v) is 7.93. The van der Waals surface area contributed by atoms with E-state index in [1.165, 1.54) is 12.5 Å². The molecular formula is C14H23N3O2S. The van der Waals surface area contributed by atoms with Gasteiger partial charge in [0.15, 0.2) is 0 Å². The molecule has 0 unspecified atom stereocenters. The van der Waals surface area contributed by atoms with E-state index < -0.39 is 10.0 Å². The second kappa shape index (κ2) is 4.93. The lowest BCUT2D eigenvalue weighted by atomic mass is 9.84. The van der Waals surface area contributed by atoms with Crippen molar-refractivity contribution >= 4 is 21.4 Å². The number of rotatable bonds is 2. The van der Waals surface area contributed by atoms with Crippen molar-refractivity contribution in [1.29, 1.82) is 0 Å². The van der Waals surface area contributed by atoms with Gasteiger partial charge in [-0.05, 0) is 42.9 Å². The number of nitrogens with zero attached hydrogens (tertiary/aromatic N) is 1. The van der Waals surface area contributed by atoms with Crippen LogP contribution in [0.4, 0.5) is 11.4 Å². The van der Waals surface area contributed by atoms with Crippen molar-refractivity contribution in [3.8, 4) is 0 Å². The summed E-state index contributed by atoms with van der Waals surface area (Å²) in [5, 5.41) is 5.28. The van der Waals surface area contributed by atoms with Crippen molar-refractivity contribution in [3.63, 3.8) is 0 Å². The topological polar surface area (TPSA) is 89.4 Å². The summed E-state index contributed by atoms with van der Waals surface area (Å²) < 4.78 is 23.3. The molecule has 4 N–H and O–H groups in total. The lowest BCUT2D eigenvalue weighted by Crippen LogP contribution is -2.40. The molecule has 1 aliphatic heterocycles. The quantitative estimate of drug-likeness (QED) is 0.815. The van der Waals surface area contributed by atoms with Gasteiger partial charge in [0.1, 0.15) is 0 Å². The summed E-state index contributed by atoms with van der Waals surface area (Å²) in [4.78, 5) is 2.33. The van der Waals surface area contributed by atoms with Gasteiger partial charge in [0.2, 0.25) is 10.0 Å². The predicted molar refractivity (Wildman–Crippen MR) is 82.2 cm³/mol. The highest BCUT2D eigenvalue weighted by atomic mass is 32.2. The maximum absolute atomic E-state index is 11.7. The van der Waals surface area contributed by atoms with Crippen molar-refractivity contribution in [2.24, 2.45) is 10.6 Å². The molecule has 1 fully saturated rings. The summed E-state index contributed by atoms with van der Waals surface area (Å²) in [6.45, 7) is 8.04. The van der Waals surface area contributed by atoms with Gasteiger partial charge < -0.3 is 10.6 Å². The van der Waals surface area contributed by atoms with E-state index in [1.54, 1.807) is 6.92 Å². The molecule has 0 atom stereocenters. The van der Waals surface area contributed by atoms with Gasteiger partial charge in [-0.15, -0.1) is 0 Å². The Labute approximate surface area is 121 Å². The van der Waals surface area contributed by atoms with Gasteiger partial charge in [-0.1, -0.05) is 13.8 Å². The third-order valence-electron chi connectivity index (χ3n) is 3.90. The predicted octanol–water partition coefficient (Wildman–Crippen LogP) is 1.85. The highest BCUT2D eigenvalue weighted by Crippen LogP contribution is 2.35. The van der Waals surface area contributed by atoms with E-state index in [1.807, 2.05) is 6.07 Å². The first-order valence-corrected chi connectivity index (χ1v) is 8.33. The fourth-order valence-corrected chi connectivity index (χ4v) is 3.78. The number of anilines is 2. The molecule has 1 saturated heterocycles. The molecule has 0 bridgehead atoms. The Balaban J connectivity index is 2.50. The van der Waals surface area contributed by atoms with Crippen molar-refractivity contribution in [3.05, 3.63) is 17.7 Å². The Hall–Kier alpha value is -1.27. The number of benzene rings is 1. The third-order valence-corrected chi connectivity index (χ3v) is 4.94. The number of hydrogen-bond acceptors (Lipinski definition) is 4. The fraction of sp³-hybridized carbons (Fsp3) is 0.571. The SMILES string of the molecule is Cc1c(N2CCCC(C)(C)C2)cc(N)cc1S(N)(=O)=O. The molecule has 6 heteroatoms. The van der Waals surface area contributed by atoms with E-state index in [9.17, 15) is 8.42 Å². The van der Waals surface area contributed by atoms with Gasteiger partial charge in [-0.3, -0.25) is 0 Å². The molecule has 112 valence electrons. The van der Waals surface area contributed by atoms with Crippen LogP contribution in [0, 0.1) is 12.3 Å². The summed E-state index contributed by atoms with van der Waals surface area (Å²) in [6, 6.07) is 3.27. The van der Waals surface area contributed by atoms with Gasteiger partial charge in [0.05, 0.1) is 4.90 Å². The molecule has 0 aromatic heterocycles. The molecule has 20 heavy (non-hydrogen) atoms. The summed E-state index contributed by atoms with van der Waals surface area (Å²) in [5.41, 5.74) is 8.06. The van der Waals surface area contributed by atoms with Crippen LogP contribution < -0.4 is 15.8 Å². The molecule has 0 aliphatic carbocycles. The lowest BCUT2D eigenvalue weighted by Gasteiger charge is -2.40. The zero-order chi connectivity index (χ0) is 15.1. The van der Waals surface area contributed by atoms with Gasteiger partial charge in [0, 0.05) is 24.5 Å². The molecule has 2 rings (SSSR count). The van der Waals surface area contributed by atoms with E-state index in [0.717, 1.165) is 25.2 Å². The molecule has 1 aromatic carbocycles. The minimum absolute atomic E-state index is 0.121. The molecule has 1 heterocycles. The van der Waals surface area contributed by atoms with Crippen molar-refractivity contribution in [2.45, 2.75) is 38.5 Å². The fourth-order valence-electron chi connectivity index (χ4n) is 2.95. The van der Waals surface area contributed by atoms with Gasteiger partial charge in [-0.2, -0.15) is 0 Å². The number of hydrogen-bond donors (Lipinski definition) is 2. The summed E-state index contributed by atoms with van der Waals surface area (Å²) in [5.74, 6) is 0. The first-order chi connectivity index (χ1) is 9.10. The summed E-state index contributed by atoms with van der Waals surface area (Å²) >= 11 is 0. The number of piperidine rings is 1. The van der Waals surface area contributed by atoms with E-state index in [4.69, 9.17) is 10.9 Å². The standard InChI is InChI=1S/C14H23N3O2S/c1-10-12(17-6-4-5-14(2,3)9-17)7-11(15)8-13(10)20(16,18)19/h7-8H,4-6,9,15H2,1-3H3,(H2,16,18,19). The first-order valence-electron chi connectivity index (χ1n) is 6.78. The Morgan fingerprint density at radius 1 is 1.30 bits per heavy atom. The Morgan fingerprint density at radius 3 is 2.50 bits per heavy atom. The third kappa shape index (κ3) is 3.07. The van der Waals surface area contributed by atoms with Crippen molar-refractivity contribution in [2.75, 3.05) is 23.7 Å². The lowest BCUT2D eigenvalue weighted by molar-refractivity contribution is 0.293. The zero-order valence-electron chi connectivity index (χ0n) is 12.3. The van der Waals surface area contributed by atoms with E-state index >= 15 is 0 Å². The average Bonchev–Trinajstić information content (AvgIpc) is 2.29. The van der Waals surface area contributed by atoms with Crippen LogP contribution in [0.25, 0.3) is 0 Å². The Bertz CT molecular complexity index is 624. The molecular weight excluding hydrogens is 274 g/mol. The van der Waals surface area contributed by atoms with E-state index in [-0.39, 0.29) is 10.3 Å². The molecule has 0 spiro atoms. The number of nitrogen functional groups attached to an aromatic ring is 1. The zero-order valence-corrected chi connectivity index (χ0v) is 13.1. The molecule has 1 aliphatic rings. The molecule has 0 radical (unpaired) electrons.